The Morgan fingerprint density at radius 2 is 1.61 bits per heavy atom. The Bertz CT molecular complexity index is 852. The zero-order valence-electron chi connectivity index (χ0n) is 17.4. The first-order chi connectivity index (χ1) is 13.0. The molecule has 5 heteroatoms. The third-order valence-corrected chi connectivity index (χ3v) is 5.56. The van der Waals surface area contributed by atoms with E-state index in [4.69, 9.17) is 0 Å². The lowest BCUT2D eigenvalue weighted by Crippen LogP contribution is -2.47. The van der Waals surface area contributed by atoms with Gasteiger partial charge in [0.25, 0.3) is 5.91 Å². The summed E-state index contributed by atoms with van der Waals surface area (Å²) in [5, 5.41) is 5.78. The molecule has 1 atom stereocenters. The molecular weight excluding hydrogens is 416 g/mol. The van der Waals surface area contributed by atoms with E-state index in [-0.39, 0.29) is 23.1 Å². The summed E-state index contributed by atoms with van der Waals surface area (Å²) in [6, 6.07) is 12.5. The molecular formula is C23H29BrN2O2. The maximum absolute atomic E-state index is 12.8. The normalized spacial score (nSPS) is 12.6. The average molecular weight is 445 g/mol. The van der Waals surface area contributed by atoms with E-state index in [9.17, 15) is 9.59 Å². The second-order valence-electron chi connectivity index (χ2n) is 8.48. The quantitative estimate of drug-likeness (QED) is 0.643. The molecule has 0 aliphatic carbocycles. The Morgan fingerprint density at radius 1 is 1.00 bits per heavy atom. The molecule has 2 rings (SSSR count). The van der Waals surface area contributed by atoms with Gasteiger partial charge in [-0.15, -0.1) is 0 Å². The molecule has 0 saturated heterocycles. The largest absolute Gasteiger partial charge is 0.340 e. The first-order valence-electron chi connectivity index (χ1n) is 9.47. The van der Waals surface area contributed by atoms with Crippen molar-refractivity contribution in [3.63, 3.8) is 0 Å². The molecule has 28 heavy (non-hydrogen) atoms. The van der Waals surface area contributed by atoms with Gasteiger partial charge in [-0.1, -0.05) is 62.7 Å². The molecule has 4 nitrogen and oxygen atoms in total. The molecule has 0 aromatic heterocycles. The van der Waals surface area contributed by atoms with E-state index in [0.29, 0.717) is 11.3 Å². The van der Waals surface area contributed by atoms with Crippen LogP contribution in [-0.2, 0) is 10.2 Å². The van der Waals surface area contributed by atoms with Gasteiger partial charge >= 0.3 is 0 Å². The SMILES string of the molecule is Cc1cc(NC(=O)[C@H](NC(=O)c2ccc(C(C)(C)C)cc2)C(C)C)ccc1Br. The number of halogens is 1. The maximum Gasteiger partial charge on any atom is 0.251 e. The summed E-state index contributed by atoms with van der Waals surface area (Å²) in [6.07, 6.45) is 0. The molecule has 2 aromatic rings. The topological polar surface area (TPSA) is 58.2 Å². The van der Waals surface area contributed by atoms with Gasteiger partial charge in [-0.2, -0.15) is 0 Å². The number of carbonyl (C=O) groups is 2. The lowest BCUT2D eigenvalue weighted by Gasteiger charge is -2.22. The number of anilines is 1. The highest BCUT2D eigenvalue weighted by Crippen LogP contribution is 2.23. The molecule has 0 bridgehead atoms. The number of nitrogens with one attached hydrogen (secondary N) is 2. The maximum atomic E-state index is 12.8. The van der Waals surface area contributed by atoms with Gasteiger partial charge in [0, 0.05) is 15.7 Å². The highest BCUT2D eigenvalue weighted by atomic mass is 79.9. The molecule has 0 aliphatic rings. The van der Waals surface area contributed by atoms with Crippen molar-refractivity contribution in [3.8, 4) is 0 Å². The number of benzene rings is 2. The van der Waals surface area contributed by atoms with Crippen LogP contribution < -0.4 is 10.6 Å². The lowest BCUT2D eigenvalue weighted by molar-refractivity contribution is -0.118. The minimum Gasteiger partial charge on any atom is -0.340 e. The second-order valence-corrected chi connectivity index (χ2v) is 9.33. The summed E-state index contributed by atoms with van der Waals surface area (Å²) >= 11 is 3.45. The molecule has 0 fully saturated rings. The number of hydrogen-bond donors (Lipinski definition) is 2. The zero-order valence-corrected chi connectivity index (χ0v) is 19.0. The van der Waals surface area contributed by atoms with Gasteiger partial charge in [0.15, 0.2) is 0 Å². The summed E-state index contributed by atoms with van der Waals surface area (Å²) in [7, 11) is 0. The second kappa shape index (κ2) is 8.91. The van der Waals surface area contributed by atoms with E-state index in [1.165, 1.54) is 0 Å². The van der Waals surface area contributed by atoms with E-state index in [2.05, 4.69) is 47.3 Å². The molecule has 150 valence electrons. The van der Waals surface area contributed by atoms with Gasteiger partial charge in [0.1, 0.15) is 6.04 Å². The van der Waals surface area contributed by atoms with Crippen LogP contribution in [0.25, 0.3) is 0 Å². The number of hydrogen-bond acceptors (Lipinski definition) is 2. The van der Waals surface area contributed by atoms with Crippen LogP contribution in [0.4, 0.5) is 5.69 Å². The Kier molecular flexibility index (Phi) is 7.05. The fourth-order valence-electron chi connectivity index (χ4n) is 2.82. The van der Waals surface area contributed by atoms with Crippen molar-refractivity contribution in [2.75, 3.05) is 5.32 Å². The highest BCUT2D eigenvalue weighted by Gasteiger charge is 2.25. The number of rotatable bonds is 5. The first-order valence-corrected chi connectivity index (χ1v) is 10.3. The predicted molar refractivity (Wildman–Crippen MR) is 119 cm³/mol. The van der Waals surface area contributed by atoms with Crippen LogP contribution in [0.2, 0.25) is 0 Å². The van der Waals surface area contributed by atoms with Crippen molar-refractivity contribution in [1.29, 1.82) is 0 Å². The molecule has 0 unspecified atom stereocenters. The third kappa shape index (κ3) is 5.68. The Hall–Kier alpha value is -2.14. The zero-order chi connectivity index (χ0) is 21.1. The highest BCUT2D eigenvalue weighted by molar-refractivity contribution is 9.10. The fraction of sp³-hybridized carbons (Fsp3) is 0.391. The van der Waals surface area contributed by atoms with Gasteiger partial charge in [-0.25, -0.2) is 0 Å². The molecule has 2 aromatic carbocycles. The first kappa shape index (κ1) is 22.2. The Labute approximate surface area is 176 Å². The summed E-state index contributed by atoms with van der Waals surface area (Å²) in [4.78, 5) is 25.4. The average Bonchev–Trinajstić information content (AvgIpc) is 2.61. The molecule has 2 N–H and O–H groups in total. The van der Waals surface area contributed by atoms with Crippen molar-refractivity contribution >= 4 is 33.4 Å². The van der Waals surface area contributed by atoms with Crippen molar-refractivity contribution < 1.29 is 9.59 Å². The van der Waals surface area contributed by atoms with Crippen LogP contribution in [0.3, 0.4) is 0 Å². The molecule has 0 spiro atoms. The van der Waals surface area contributed by atoms with E-state index < -0.39 is 6.04 Å². The van der Waals surface area contributed by atoms with Crippen LogP contribution in [0.15, 0.2) is 46.9 Å². The summed E-state index contributed by atoms with van der Waals surface area (Å²) in [6.45, 7) is 12.2. The van der Waals surface area contributed by atoms with Crippen molar-refractivity contribution in [2.45, 2.75) is 53.0 Å². The molecule has 0 saturated carbocycles. The summed E-state index contributed by atoms with van der Waals surface area (Å²) < 4.78 is 0.984. The van der Waals surface area contributed by atoms with Gasteiger partial charge in [-0.3, -0.25) is 9.59 Å². The van der Waals surface area contributed by atoms with Crippen LogP contribution in [0.5, 0.6) is 0 Å². The van der Waals surface area contributed by atoms with Gasteiger partial charge in [-0.05, 0) is 59.7 Å². The minimum atomic E-state index is -0.626. The molecule has 0 aliphatic heterocycles. The van der Waals surface area contributed by atoms with E-state index in [0.717, 1.165) is 15.6 Å². The van der Waals surface area contributed by atoms with Gasteiger partial charge < -0.3 is 10.6 Å². The molecule has 2 amide bonds. The Morgan fingerprint density at radius 3 is 2.11 bits per heavy atom. The van der Waals surface area contributed by atoms with Crippen LogP contribution >= 0.6 is 15.9 Å². The van der Waals surface area contributed by atoms with E-state index in [1.54, 1.807) is 0 Å². The van der Waals surface area contributed by atoms with E-state index >= 15 is 0 Å². The van der Waals surface area contributed by atoms with Crippen LogP contribution in [-0.4, -0.2) is 17.9 Å². The number of carbonyl (C=O) groups excluding carboxylic acids is 2. The van der Waals surface area contributed by atoms with Gasteiger partial charge in [0.2, 0.25) is 5.91 Å². The van der Waals surface area contributed by atoms with Crippen molar-refractivity contribution in [2.24, 2.45) is 5.92 Å². The lowest BCUT2D eigenvalue weighted by atomic mass is 9.86. The fourth-order valence-corrected chi connectivity index (χ4v) is 3.07. The smallest absolute Gasteiger partial charge is 0.251 e. The molecule has 0 radical (unpaired) electrons. The van der Waals surface area contributed by atoms with Crippen LogP contribution in [0, 0.1) is 12.8 Å². The van der Waals surface area contributed by atoms with Gasteiger partial charge in [0.05, 0.1) is 0 Å². The number of amides is 2. The van der Waals surface area contributed by atoms with Crippen molar-refractivity contribution in [3.05, 3.63) is 63.6 Å². The third-order valence-electron chi connectivity index (χ3n) is 4.67. The monoisotopic (exact) mass is 444 g/mol. The summed E-state index contributed by atoms with van der Waals surface area (Å²) in [5.74, 6) is -0.521. The van der Waals surface area contributed by atoms with Crippen molar-refractivity contribution in [1.82, 2.24) is 5.32 Å². The standard InChI is InChI=1S/C23H29BrN2O2/c1-14(2)20(22(28)25-18-11-12-19(24)15(3)13-18)26-21(27)16-7-9-17(10-8-16)23(4,5)6/h7-14,20H,1-6H3,(H,25,28)(H,26,27)/t20-/m1/s1. The van der Waals surface area contributed by atoms with Crippen LogP contribution in [0.1, 0.15) is 56.1 Å². The minimum absolute atomic E-state index is 0.0260. The van der Waals surface area contributed by atoms with E-state index in [1.807, 2.05) is 63.2 Å². The predicted octanol–water partition coefficient (Wildman–Crippen LogP) is 5.45. The number of aryl methyl sites for hydroxylation is 1. The molecule has 0 heterocycles. The Balaban J connectivity index is 2.11. The summed E-state index contributed by atoms with van der Waals surface area (Å²) in [5.41, 5.74) is 3.47.